The zero-order valence-electron chi connectivity index (χ0n) is 16.3. The van der Waals surface area contributed by atoms with E-state index in [0.29, 0.717) is 5.75 Å². The molecule has 170 valence electrons. The molecule has 4 rings (SSSR count). The van der Waals surface area contributed by atoms with E-state index in [9.17, 15) is 26.4 Å². The first-order chi connectivity index (χ1) is 15.0. The van der Waals surface area contributed by atoms with Crippen LogP contribution in [0.5, 0.6) is 5.75 Å². The van der Waals surface area contributed by atoms with Gasteiger partial charge in [-0.15, -0.1) is 0 Å². The van der Waals surface area contributed by atoms with E-state index < -0.39 is 43.8 Å². The minimum Gasteiger partial charge on any atom is -0.484 e. The number of fused-ring (bicyclic) bond motifs is 1. The number of hydrogen-bond acceptors (Lipinski definition) is 5. The van der Waals surface area contributed by atoms with Crippen molar-refractivity contribution >= 4 is 50.0 Å². The number of rotatable bonds is 4. The Bertz CT molecular complexity index is 1170. The molecule has 0 unspecified atom stereocenters. The SMILES string of the molecule is O=C(COc1ccccc1)N=C1S[C@@H]2CS(=O)(=O)C[C@H]2N1c1ccc(Cl)c(C(F)(F)F)c1. The van der Waals surface area contributed by atoms with Gasteiger partial charge in [0.2, 0.25) is 0 Å². The number of aliphatic imine (C=N–C) groups is 1. The van der Waals surface area contributed by atoms with E-state index in [0.717, 1.165) is 23.9 Å². The molecule has 6 nitrogen and oxygen atoms in total. The maximum Gasteiger partial charge on any atom is 0.417 e. The molecule has 2 aromatic carbocycles. The van der Waals surface area contributed by atoms with Gasteiger partial charge in [0.1, 0.15) is 5.75 Å². The predicted molar refractivity (Wildman–Crippen MR) is 117 cm³/mol. The van der Waals surface area contributed by atoms with E-state index in [1.54, 1.807) is 30.3 Å². The summed E-state index contributed by atoms with van der Waals surface area (Å²) in [7, 11) is -3.37. The van der Waals surface area contributed by atoms with E-state index in [1.165, 1.54) is 11.0 Å². The number of alkyl halides is 3. The number of para-hydroxylation sites is 1. The summed E-state index contributed by atoms with van der Waals surface area (Å²) in [5.41, 5.74) is -0.988. The molecule has 2 saturated heterocycles. The molecule has 0 radical (unpaired) electrons. The number of amides is 1. The third-order valence-corrected chi connectivity index (χ3v) is 8.47. The fourth-order valence-corrected chi connectivity index (χ4v) is 7.70. The van der Waals surface area contributed by atoms with Gasteiger partial charge in [-0.2, -0.15) is 18.2 Å². The van der Waals surface area contributed by atoms with E-state index in [1.807, 2.05) is 0 Å². The molecule has 0 spiro atoms. The van der Waals surface area contributed by atoms with Crippen molar-refractivity contribution < 1.29 is 31.1 Å². The van der Waals surface area contributed by atoms with Crippen molar-refractivity contribution in [3.05, 3.63) is 59.1 Å². The van der Waals surface area contributed by atoms with Crippen LogP contribution in [0.1, 0.15) is 5.56 Å². The summed E-state index contributed by atoms with van der Waals surface area (Å²) in [6, 6.07) is 11.2. The van der Waals surface area contributed by atoms with Crippen molar-refractivity contribution in [2.45, 2.75) is 17.5 Å². The molecule has 1 amide bonds. The molecular formula is C20H16ClF3N2O4S2. The van der Waals surface area contributed by atoms with Gasteiger partial charge in [-0.25, -0.2) is 8.42 Å². The number of nitrogens with zero attached hydrogens (tertiary/aromatic N) is 2. The number of halogens is 4. The lowest BCUT2D eigenvalue weighted by molar-refractivity contribution is -0.137. The molecule has 32 heavy (non-hydrogen) atoms. The van der Waals surface area contributed by atoms with Gasteiger partial charge >= 0.3 is 6.18 Å². The van der Waals surface area contributed by atoms with Crippen LogP contribution in [0.3, 0.4) is 0 Å². The van der Waals surface area contributed by atoms with Crippen molar-refractivity contribution in [2.75, 3.05) is 23.0 Å². The van der Waals surface area contributed by atoms with Crippen LogP contribution in [0.25, 0.3) is 0 Å². The summed E-state index contributed by atoms with van der Waals surface area (Å²) in [6.07, 6.45) is -4.70. The summed E-state index contributed by atoms with van der Waals surface area (Å²) >= 11 is 6.78. The van der Waals surface area contributed by atoms with Crippen LogP contribution in [-0.4, -0.2) is 48.9 Å². The third kappa shape index (κ3) is 4.89. The van der Waals surface area contributed by atoms with Crippen LogP contribution in [-0.2, 0) is 20.8 Å². The lowest BCUT2D eigenvalue weighted by atomic mass is 10.1. The Morgan fingerprint density at radius 2 is 1.91 bits per heavy atom. The monoisotopic (exact) mass is 504 g/mol. The Morgan fingerprint density at radius 1 is 1.19 bits per heavy atom. The first-order valence-electron chi connectivity index (χ1n) is 9.36. The lowest BCUT2D eigenvalue weighted by Gasteiger charge is -2.25. The Balaban J connectivity index is 1.65. The molecule has 2 aromatic rings. The van der Waals surface area contributed by atoms with Gasteiger partial charge < -0.3 is 9.64 Å². The van der Waals surface area contributed by atoms with E-state index in [2.05, 4.69) is 4.99 Å². The van der Waals surface area contributed by atoms with Crippen molar-refractivity contribution in [3.8, 4) is 5.75 Å². The van der Waals surface area contributed by atoms with E-state index >= 15 is 0 Å². The molecule has 2 aliphatic heterocycles. The lowest BCUT2D eigenvalue weighted by Crippen LogP contribution is -2.38. The maximum atomic E-state index is 13.4. The number of carbonyl (C=O) groups is 1. The third-order valence-electron chi connectivity index (χ3n) is 4.93. The number of hydrogen-bond donors (Lipinski definition) is 0. The smallest absolute Gasteiger partial charge is 0.417 e. The Labute approximate surface area is 191 Å². The number of anilines is 1. The van der Waals surface area contributed by atoms with Crippen molar-refractivity contribution in [2.24, 2.45) is 4.99 Å². The topological polar surface area (TPSA) is 76.0 Å². The number of ether oxygens (including phenoxy) is 1. The summed E-state index contributed by atoms with van der Waals surface area (Å²) in [4.78, 5) is 17.8. The average Bonchev–Trinajstić information content (AvgIpc) is 3.17. The highest BCUT2D eigenvalue weighted by Crippen LogP contribution is 2.43. The second-order valence-corrected chi connectivity index (χ2v) is 11.0. The number of carbonyl (C=O) groups excluding carboxylic acids is 1. The number of thioether (sulfide) groups is 1. The molecule has 2 atom stereocenters. The Kier molecular flexibility index (Phi) is 6.17. The minimum absolute atomic E-state index is 0.0642. The zero-order valence-corrected chi connectivity index (χ0v) is 18.6. The van der Waals surface area contributed by atoms with Crippen LogP contribution in [0.2, 0.25) is 5.02 Å². The van der Waals surface area contributed by atoms with Crippen LogP contribution < -0.4 is 9.64 Å². The largest absolute Gasteiger partial charge is 0.484 e. The molecule has 2 heterocycles. The van der Waals surface area contributed by atoms with Crippen molar-refractivity contribution in [3.63, 3.8) is 0 Å². The van der Waals surface area contributed by atoms with Crippen molar-refractivity contribution in [1.29, 1.82) is 0 Å². The summed E-state index contributed by atoms with van der Waals surface area (Å²) in [6.45, 7) is -0.371. The minimum atomic E-state index is -4.70. The molecule has 2 fully saturated rings. The predicted octanol–water partition coefficient (Wildman–Crippen LogP) is 4.04. The molecule has 0 aliphatic carbocycles. The molecule has 2 aliphatic rings. The van der Waals surface area contributed by atoms with E-state index in [4.69, 9.17) is 16.3 Å². The van der Waals surface area contributed by atoms with Gasteiger partial charge in [0, 0.05) is 10.9 Å². The quantitative estimate of drug-likeness (QED) is 0.625. The van der Waals surface area contributed by atoms with Gasteiger partial charge in [-0.05, 0) is 30.3 Å². The fraction of sp³-hybridized carbons (Fsp3) is 0.300. The van der Waals surface area contributed by atoms with Crippen LogP contribution in [0, 0.1) is 0 Å². The second kappa shape index (κ2) is 8.60. The molecule has 0 bridgehead atoms. The van der Waals surface area contributed by atoms with Crippen molar-refractivity contribution in [1.82, 2.24) is 0 Å². The number of sulfone groups is 1. The van der Waals surface area contributed by atoms with Crippen LogP contribution >= 0.6 is 23.4 Å². The number of benzene rings is 2. The normalized spacial score (nSPS) is 23.4. The summed E-state index contributed by atoms with van der Waals surface area (Å²) < 4.78 is 69.7. The first kappa shape index (κ1) is 22.9. The second-order valence-electron chi connectivity index (χ2n) is 7.22. The van der Waals surface area contributed by atoms with Gasteiger partial charge in [0.25, 0.3) is 5.91 Å². The molecule has 0 N–H and O–H groups in total. The molecule has 12 heteroatoms. The Morgan fingerprint density at radius 3 is 2.59 bits per heavy atom. The molecular weight excluding hydrogens is 489 g/mol. The summed E-state index contributed by atoms with van der Waals surface area (Å²) in [5.74, 6) is -0.573. The Hall–Kier alpha value is -2.24. The highest BCUT2D eigenvalue weighted by molar-refractivity contribution is 8.16. The van der Waals surface area contributed by atoms with Crippen LogP contribution in [0.15, 0.2) is 53.5 Å². The maximum absolute atomic E-state index is 13.4. The van der Waals surface area contributed by atoms with Gasteiger partial charge in [0.15, 0.2) is 21.6 Å². The zero-order chi connectivity index (χ0) is 23.1. The standard InChI is InChI=1S/C20H16ClF3N2O4S2/c21-15-7-6-12(8-14(15)20(22,23)24)26-16-10-32(28,29)11-17(16)31-19(26)25-18(27)9-30-13-4-2-1-3-5-13/h1-8,16-17H,9-11H2/t16-,17-/m1/s1. The van der Waals surface area contributed by atoms with Gasteiger partial charge in [0.05, 0.1) is 28.1 Å². The molecule has 0 aromatic heterocycles. The highest BCUT2D eigenvalue weighted by Gasteiger charge is 2.49. The molecule has 0 saturated carbocycles. The fourth-order valence-electron chi connectivity index (χ4n) is 3.55. The van der Waals surface area contributed by atoms with Crippen LogP contribution in [0.4, 0.5) is 18.9 Å². The highest BCUT2D eigenvalue weighted by atomic mass is 35.5. The number of amidine groups is 1. The van der Waals surface area contributed by atoms with Gasteiger partial charge in [-0.3, -0.25) is 4.79 Å². The average molecular weight is 505 g/mol. The summed E-state index contributed by atoms with van der Waals surface area (Å²) in [5, 5.41) is -0.798. The van der Waals surface area contributed by atoms with E-state index in [-0.39, 0.29) is 29.0 Å². The first-order valence-corrected chi connectivity index (χ1v) is 12.4. The van der Waals surface area contributed by atoms with Gasteiger partial charge in [-0.1, -0.05) is 41.6 Å².